The number of rotatable bonds is 3. The number of aromatic nitrogens is 2. The molecule has 0 amide bonds. The van der Waals surface area contributed by atoms with Crippen LogP contribution in [-0.2, 0) is 6.54 Å². The fourth-order valence-corrected chi connectivity index (χ4v) is 2.54. The number of nitrogens with two attached hydrogens (primary N) is 1. The fraction of sp³-hybridized carbons (Fsp3) is 0.333. The van der Waals surface area contributed by atoms with Gasteiger partial charge in [-0.15, -0.1) is 0 Å². The maximum absolute atomic E-state index is 13.8. The predicted molar refractivity (Wildman–Crippen MR) is 79.9 cm³/mol. The standard InChI is InChI=1S/C15H17FN4O/c16-14-7-12(17)4-3-11(14)10-20-15(21)8-13(9-18-20)19-5-1-2-6-19/h3-4,7-9H,1-2,5-6,10,17H2. The van der Waals surface area contributed by atoms with Gasteiger partial charge in [0.15, 0.2) is 0 Å². The highest BCUT2D eigenvalue weighted by Gasteiger charge is 2.14. The summed E-state index contributed by atoms with van der Waals surface area (Å²) in [6.07, 6.45) is 3.95. The van der Waals surface area contributed by atoms with E-state index in [0.29, 0.717) is 11.3 Å². The number of hydrogen-bond donors (Lipinski definition) is 1. The Bertz CT molecular complexity index is 707. The summed E-state index contributed by atoms with van der Waals surface area (Å²) >= 11 is 0. The number of nitrogens with zero attached hydrogens (tertiary/aromatic N) is 3. The van der Waals surface area contributed by atoms with E-state index in [2.05, 4.69) is 10.00 Å². The lowest BCUT2D eigenvalue weighted by atomic mass is 10.2. The average Bonchev–Trinajstić information content (AvgIpc) is 2.98. The van der Waals surface area contributed by atoms with Crippen molar-refractivity contribution >= 4 is 11.4 Å². The Balaban J connectivity index is 1.84. The van der Waals surface area contributed by atoms with Crippen LogP contribution >= 0.6 is 0 Å². The monoisotopic (exact) mass is 288 g/mol. The van der Waals surface area contributed by atoms with Gasteiger partial charge in [0, 0.05) is 30.4 Å². The van der Waals surface area contributed by atoms with Crippen LogP contribution in [0.25, 0.3) is 0 Å². The number of halogens is 1. The highest BCUT2D eigenvalue weighted by atomic mass is 19.1. The van der Waals surface area contributed by atoms with Crippen LogP contribution in [0.3, 0.4) is 0 Å². The van der Waals surface area contributed by atoms with Gasteiger partial charge in [0.05, 0.1) is 18.4 Å². The second-order valence-corrected chi connectivity index (χ2v) is 5.25. The smallest absolute Gasteiger partial charge is 0.269 e. The predicted octanol–water partition coefficient (Wildman–Crippen LogP) is 1.61. The van der Waals surface area contributed by atoms with Crippen molar-refractivity contribution in [2.45, 2.75) is 19.4 Å². The van der Waals surface area contributed by atoms with E-state index < -0.39 is 5.82 Å². The highest BCUT2D eigenvalue weighted by molar-refractivity contribution is 5.44. The summed E-state index contributed by atoms with van der Waals surface area (Å²) in [6.45, 7) is 2.01. The third-order valence-electron chi connectivity index (χ3n) is 3.72. The molecule has 3 rings (SSSR count). The summed E-state index contributed by atoms with van der Waals surface area (Å²) in [5.74, 6) is -0.424. The second kappa shape index (κ2) is 5.55. The summed E-state index contributed by atoms with van der Waals surface area (Å²) in [5.41, 5.74) is 6.88. The molecule has 1 aromatic heterocycles. The van der Waals surface area contributed by atoms with Crippen molar-refractivity contribution in [3.05, 3.63) is 52.2 Å². The molecule has 2 aromatic rings. The van der Waals surface area contributed by atoms with Gasteiger partial charge in [0.25, 0.3) is 5.56 Å². The Morgan fingerprint density at radius 3 is 2.67 bits per heavy atom. The zero-order valence-electron chi connectivity index (χ0n) is 11.6. The third kappa shape index (κ3) is 2.89. The molecule has 6 heteroatoms. The minimum Gasteiger partial charge on any atom is -0.399 e. The first-order valence-electron chi connectivity index (χ1n) is 6.99. The SMILES string of the molecule is Nc1ccc(Cn2ncc(N3CCCC3)cc2=O)c(F)c1. The van der Waals surface area contributed by atoms with Gasteiger partial charge in [-0.3, -0.25) is 4.79 Å². The lowest BCUT2D eigenvalue weighted by Crippen LogP contribution is -2.26. The van der Waals surface area contributed by atoms with E-state index in [1.54, 1.807) is 24.4 Å². The zero-order chi connectivity index (χ0) is 14.8. The molecular weight excluding hydrogens is 271 g/mol. The van der Waals surface area contributed by atoms with Crippen LogP contribution in [0, 0.1) is 5.82 Å². The Morgan fingerprint density at radius 1 is 1.24 bits per heavy atom. The van der Waals surface area contributed by atoms with E-state index in [1.165, 1.54) is 10.7 Å². The van der Waals surface area contributed by atoms with E-state index in [1.807, 2.05) is 0 Å². The third-order valence-corrected chi connectivity index (χ3v) is 3.72. The molecule has 1 aliphatic rings. The van der Waals surface area contributed by atoms with Gasteiger partial charge >= 0.3 is 0 Å². The van der Waals surface area contributed by atoms with Crippen molar-refractivity contribution in [3.8, 4) is 0 Å². The Labute approximate surface area is 121 Å². The van der Waals surface area contributed by atoms with Gasteiger partial charge in [-0.2, -0.15) is 5.10 Å². The minimum absolute atomic E-state index is 0.102. The molecule has 0 unspecified atom stereocenters. The molecule has 1 saturated heterocycles. The molecule has 1 aromatic carbocycles. The Kier molecular flexibility index (Phi) is 3.60. The first kappa shape index (κ1) is 13.6. The molecule has 0 saturated carbocycles. The molecular formula is C15H17FN4O. The molecule has 2 heterocycles. The van der Waals surface area contributed by atoms with Crippen LogP contribution in [-0.4, -0.2) is 22.9 Å². The second-order valence-electron chi connectivity index (χ2n) is 5.25. The van der Waals surface area contributed by atoms with Crippen LogP contribution in [0.15, 0.2) is 35.3 Å². The average molecular weight is 288 g/mol. The zero-order valence-corrected chi connectivity index (χ0v) is 11.6. The lowest BCUT2D eigenvalue weighted by molar-refractivity contribution is 0.572. The first-order chi connectivity index (χ1) is 10.1. The normalized spacial score (nSPS) is 14.6. The Morgan fingerprint density at radius 2 is 2.00 bits per heavy atom. The van der Waals surface area contributed by atoms with E-state index in [-0.39, 0.29) is 12.1 Å². The van der Waals surface area contributed by atoms with E-state index in [4.69, 9.17) is 5.73 Å². The minimum atomic E-state index is -0.424. The van der Waals surface area contributed by atoms with Crippen molar-refractivity contribution in [2.24, 2.45) is 0 Å². The van der Waals surface area contributed by atoms with Crippen LogP contribution in [0.1, 0.15) is 18.4 Å². The van der Waals surface area contributed by atoms with Crippen LogP contribution in [0.2, 0.25) is 0 Å². The first-order valence-corrected chi connectivity index (χ1v) is 6.99. The Hall–Kier alpha value is -2.37. The highest BCUT2D eigenvalue weighted by Crippen LogP contribution is 2.17. The largest absolute Gasteiger partial charge is 0.399 e. The summed E-state index contributed by atoms with van der Waals surface area (Å²) in [7, 11) is 0. The van der Waals surface area contributed by atoms with Crippen LogP contribution < -0.4 is 16.2 Å². The lowest BCUT2D eigenvalue weighted by Gasteiger charge is -2.17. The molecule has 1 aliphatic heterocycles. The van der Waals surface area contributed by atoms with Crippen LogP contribution in [0.5, 0.6) is 0 Å². The molecule has 5 nitrogen and oxygen atoms in total. The van der Waals surface area contributed by atoms with Gasteiger partial charge in [-0.05, 0) is 25.0 Å². The summed E-state index contributed by atoms with van der Waals surface area (Å²) < 4.78 is 15.0. The molecule has 2 N–H and O–H groups in total. The maximum Gasteiger partial charge on any atom is 0.269 e. The summed E-state index contributed by atoms with van der Waals surface area (Å²) in [4.78, 5) is 14.2. The number of benzene rings is 1. The topological polar surface area (TPSA) is 64.2 Å². The molecule has 0 spiro atoms. The van der Waals surface area contributed by atoms with Crippen molar-refractivity contribution in [1.29, 1.82) is 0 Å². The van der Waals surface area contributed by atoms with E-state index >= 15 is 0 Å². The molecule has 1 fully saturated rings. The van der Waals surface area contributed by atoms with Gasteiger partial charge in [-0.25, -0.2) is 9.07 Å². The van der Waals surface area contributed by atoms with Crippen LogP contribution in [0.4, 0.5) is 15.8 Å². The fourth-order valence-electron chi connectivity index (χ4n) is 2.54. The number of nitrogen functional groups attached to an aromatic ring is 1. The van der Waals surface area contributed by atoms with Gasteiger partial charge in [0.2, 0.25) is 0 Å². The van der Waals surface area contributed by atoms with Gasteiger partial charge in [-0.1, -0.05) is 6.07 Å². The molecule has 21 heavy (non-hydrogen) atoms. The molecule has 0 atom stereocenters. The van der Waals surface area contributed by atoms with Crippen molar-refractivity contribution in [2.75, 3.05) is 23.7 Å². The van der Waals surface area contributed by atoms with Crippen molar-refractivity contribution in [3.63, 3.8) is 0 Å². The van der Waals surface area contributed by atoms with Crippen molar-refractivity contribution in [1.82, 2.24) is 9.78 Å². The quantitative estimate of drug-likeness (QED) is 0.872. The maximum atomic E-state index is 13.8. The number of hydrogen-bond acceptors (Lipinski definition) is 4. The molecule has 110 valence electrons. The van der Waals surface area contributed by atoms with E-state index in [0.717, 1.165) is 31.6 Å². The van der Waals surface area contributed by atoms with Gasteiger partial charge in [0.1, 0.15) is 5.82 Å². The molecule has 0 aliphatic carbocycles. The van der Waals surface area contributed by atoms with Crippen molar-refractivity contribution < 1.29 is 4.39 Å². The summed E-state index contributed by atoms with van der Waals surface area (Å²) in [6, 6.07) is 6.00. The van der Waals surface area contributed by atoms with Gasteiger partial charge < -0.3 is 10.6 Å². The molecule has 0 bridgehead atoms. The van der Waals surface area contributed by atoms with E-state index in [9.17, 15) is 9.18 Å². The number of anilines is 2. The summed E-state index contributed by atoms with van der Waals surface area (Å²) in [5, 5.41) is 4.15. The molecule has 0 radical (unpaired) electrons.